The summed E-state index contributed by atoms with van der Waals surface area (Å²) in [5, 5.41) is 0. The molecule has 1 atom stereocenters. The van der Waals surface area contributed by atoms with Gasteiger partial charge in [0.1, 0.15) is 0 Å². The van der Waals surface area contributed by atoms with Gasteiger partial charge in [0.05, 0.1) is 11.0 Å². The molecule has 0 aromatic heterocycles. The van der Waals surface area contributed by atoms with E-state index in [1.165, 1.54) is 30.0 Å². The fourth-order valence-corrected chi connectivity index (χ4v) is 2.83. The van der Waals surface area contributed by atoms with Gasteiger partial charge in [-0.05, 0) is 33.1 Å². The van der Waals surface area contributed by atoms with Crippen molar-refractivity contribution in [2.75, 3.05) is 13.1 Å². The maximum atomic E-state index is 5.63. The van der Waals surface area contributed by atoms with Crippen molar-refractivity contribution in [3.8, 4) is 0 Å². The molecule has 0 N–H and O–H groups in total. The highest BCUT2D eigenvalue weighted by Crippen LogP contribution is 2.19. The van der Waals surface area contributed by atoms with Crippen LogP contribution in [0.15, 0.2) is 4.99 Å². The SMILES string of the molecule is CCCCC(C)C(=S)N1CCC(N=C(C)C)CC1. The average molecular weight is 268 g/mol. The van der Waals surface area contributed by atoms with Crippen LogP contribution < -0.4 is 0 Å². The van der Waals surface area contributed by atoms with Gasteiger partial charge in [0.25, 0.3) is 0 Å². The van der Waals surface area contributed by atoms with Crippen molar-refractivity contribution in [2.45, 2.75) is 65.8 Å². The first-order valence-corrected chi connectivity index (χ1v) is 7.75. The monoisotopic (exact) mass is 268 g/mol. The van der Waals surface area contributed by atoms with Crippen LogP contribution in [-0.4, -0.2) is 34.7 Å². The maximum Gasteiger partial charge on any atom is 0.0807 e. The Kier molecular flexibility index (Phi) is 6.83. The molecule has 1 aliphatic heterocycles. The molecule has 0 aromatic rings. The summed E-state index contributed by atoms with van der Waals surface area (Å²) in [6.45, 7) is 10.9. The number of piperidine rings is 1. The summed E-state index contributed by atoms with van der Waals surface area (Å²) in [6, 6.07) is 0.528. The molecule has 0 saturated carbocycles. The molecule has 0 radical (unpaired) electrons. The van der Waals surface area contributed by atoms with E-state index in [4.69, 9.17) is 12.2 Å². The highest BCUT2D eigenvalue weighted by molar-refractivity contribution is 7.80. The zero-order valence-electron chi connectivity index (χ0n) is 12.4. The molecule has 1 fully saturated rings. The van der Waals surface area contributed by atoms with Gasteiger partial charge in [-0.1, -0.05) is 38.9 Å². The molecule has 3 heteroatoms. The molecule has 1 rings (SSSR count). The van der Waals surface area contributed by atoms with E-state index in [1.807, 2.05) is 0 Å². The number of likely N-dealkylation sites (tertiary alicyclic amines) is 1. The van der Waals surface area contributed by atoms with Crippen molar-refractivity contribution in [2.24, 2.45) is 10.9 Å². The molecule has 0 aromatic carbocycles. The molecule has 1 aliphatic rings. The van der Waals surface area contributed by atoms with Gasteiger partial charge in [-0.15, -0.1) is 0 Å². The summed E-state index contributed by atoms with van der Waals surface area (Å²) < 4.78 is 0. The number of hydrogen-bond donors (Lipinski definition) is 0. The van der Waals surface area contributed by atoms with Crippen LogP contribution in [0.4, 0.5) is 0 Å². The molecule has 18 heavy (non-hydrogen) atoms. The van der Waals surface area contributed by atoms with Gasteiger partial charge in [-0.2, -0.15) is 0 Å². The van der Waals surface area contributed by atoms with E-state index in [0.717, 1.165) is 25.9 Å². The summed E-state index contributed by atoms with van der Waals surface area (Å²) in [5.41, 5.74) is 1.20. The Morgan fingerprint density at radius 1 is 1.33 bits per heavy atom. The van der Waals surface area contributed by atoms with Crippen LogP contribution in [0.1, 0.15) is 59.8 Å². The number of thiocarbonyl (C=S) groups is 1. The number of hydrogen-bond acceptors (Lipinski definition) is 2. The zero-order valence-corrected chi connectivity index (χ0v) is 13.2. The Hall–Kier alpha value is -0.440. The standard InChI is InChI=1S/C15H28N2S/c1-5-6-7-13(4)15(18)17-10-8-14(9-11-17)16-12(2)3/h13-14H,5-11H2,1-4H3. The second kappa shape index (κ2) is 7.88. The third kappa shape index (κ3) is 5.05. The third-order valence-electron chi connectivity index (χ3n) is 3.63. The maximum absolute atomic E-state index is 5.63. The first-order chi connectivity index (χ1) is 8.54. The van der Waals surface area contributed by atoms with Crippen molar-refractivity contribution in [1.82, 2.24) is 4.90 Å². The van der Waals surface area contributed by atoms with Crippen LogP contribution in [0, 0.1) is 5.92 Å². The van der Waals surface area contributed by atoms with Gasteiger partial charge in [0.2, 0.25) is 0 Å². The van der Waals surface area contributed by atoms with E-state index in [-0.39, 0.29) is 0 Å². The molecule has 1 unspecified atom stereocenters. The Bertz CT molecular complexity index is 287. The van der Waals surface area contributed by atoms with E-state index in [0.29, 0.717) is 12.0 Å². The van der Waals surface area contributed by atoms with Crippen molar-refractivity contribution in [3.63, 3.8) is 0 Å². The molecule has 0 bridgehead atoms. The van der Waals surface area contributed by atoms with Gasteiger partial charge in [0.15, 0.2) is 0 Å². The molecule has 2 nitrogen and oxygen atoms in total. The lowest BCUT2D eigenvalue weighted by molar-refractivity contribution is 0.306. The Morgan fingerprint density at radius 2 is 1.94 bits per heavy atom. The number of nitrogens with zero attached hydrogens (tertiary/aromatic N) is 2. The van der Waals surface area contributed by atoms with Crippen LogP contribution in [-0.2, 0) is 0 Å². The summed E-state index contributed by atoms with van der Waals surface area (Å²) in [4.78, 5) is 8.26. The van der Waals surface area contributed by atoms with E-state index in [2.05, 4.69) is 37.6 Å². The fraction of sp³-hybridized carbons (Fsp3) is 0.867. The predicted molar refractivity (Wildman–Crippen MR) is 84.7 cm³/mol. The molecule has 0 aliphatic carbocycles. The number of unbranched alkanes of at least 4 members (excludes halogenated alkanes) is 1. The Balaban J connectivity index is 2.38. The van der Waals surface area contributed by atoms with Crippen LogP contribution in [0.5, 0.6) is 0 Å². The highest BCUT2D eigenvalue weighted by Gasteiger charge is 2.22. The highest BCUT2D eigenvalue weighted by atomic mass is 32.1. The van der Waals surface area contributed by atoms with Crippen molar-refractivity contribution in [3.05, 3.63) is 0 Å². The van der Waals surface area contributed by atoms with Crippen molar-refractivity contribution < 1.29 is 0 Å². The third-order valence-corrected chi connectivity index (χ3v) is 4.29. The lowest BCUT2D eigenvalue weighted by Crippen LogP contribution is -2.41. The van der Waals surface area contributed by atoms with E-state index in [9.17, 15) is 0 Å². The summed E-state index contributed by atoms with van der Waals surface area (Å²) in [7, 11) is 0. The van der Waals surface area contributed by atoms with Crippen LogP contribution in [0.2, 0.25) is 0 Å². The molecule has 1 heterocycles. The van der Waals surface area contributed by atoms with Crippen LogP contribution >= 0.6 is 12.2 Å². The number of rotatable bonds is 5. The van der Waals surface area contributed by atoms with E-state index < -0.39 is 0 Å². The number of aliphatic imine (C=N–C) groups is 1. The van der Waals surface area contributed by atoms with Crippen molar-refractivity contribution >= 4 is 22.9 Å². The zero-order chi connectivity index (χ0) is 13.5. The molecule has 1 saturated heterocycles. The second-order valence-electron chi connectivity index (χ2n) is 5.68. The summed E-state index contributed by atoms with van der Waals surface area (Å²) in [5.74, 6) is 0.563. The minimum Gasteiger partial charge on any atom is -0.366 e. The molecular formula is C15H28N2S. The lowest BCUT2D eigenvalue weighted by atomic mass is 10.0. The second-order valence-corrected chi connectivity index (χ2v) is 6.09. The molecule has 0 amide bonds. The minimum atomic E-state index is 0.528. The normalized spacial score (nSPS) is 18.6. The van der Waals surface area contributed by atoms with Crippen LogP contribution in [0.3, 0.4) is 0 Å². The van der Waals surface area contributed by atoms with Gasteiger partial charge < -0.3 is 4.90 Å². The van der Waals surface area contributed by atoms with Gasteiger partial charge >= 0.3 is 0 Å². The average Bonchev–Trinajstić information content (AvgIpc) is 2.35. The van der Waals surface area contributed by atoms with E-state index >= 15 is 0 Å². The van der Waals surface area contributed by atoms with Gasteiger partial charge in [-0.25, -0.2) is 0 Å². The minimum absolute atomic E-state index is 0.528. The Morgan fingerprint density at radius 3 is 2.44 bits per heavy atom. The van der Waals surface area contributed by atoms with E-state index in [1.54, 1.807) is 0 Å². The van der Waals surface area contributed by atoms with Crippen molar-refractivity contribution in [1.29, 1.82) is 0 Å². The quantitative estimate of drug-likeness (QED) is 0.551. The van der Waals surface area contributed by atoms with Crippen LogP contribution in [0.25, 0.3) is 0 Å². The molecular weight excluding hydrogens is 240 g/mol. The summed E-state index contributed by atoms with van der Waals surface area (Å²) in [6.07, 6.45) is 6.11. The first kappa shape index (κ1) is 15.6. The fourth-order valence-electron chi connectivity index (χ4n) is 2.53. The van der Waals surface area contributed by atoms with Gasteiger partial charge in [0, 0.05) is 24.7 Å². The predicted octanol–water partition coefficient (Wildman–Crippen LogP) is 4.09. The smallest absolute Gasteiger partial charge is 0.0807 e. The lowest BCUT2D eigenvalue weighted by Gasteiger charge is -2.34. The molecule has 0 spiro atoms. The molecule has 104 valence electrons. The topological polar surface area (TPSA) is 15.6 Å². The summed E-state index contributed by atoms with van der Waals surface area (Å²) >= 11 is 5.63. The Labute approximate surface area is 118 Å². The first-order valence-electron chi connectivity index (χ1n) is 7.34. The van der Waals surface area contributed by atoms with Gasteiger partial charge in [-0.3, -0.25) is 4.99 Å². The largest absolute Gasteiger partial charge is 0.366 e.